The summed E-state index contributed by atoms with van der Waals surface area (Å²) in [5.74, 6) is 0.730. The molecule has 1 aliphatic rings. The summed E-state index contributed by atoms with van der Waals surface area (Å²) in [5, 5.41) is 7.78. The quantitative estimate of drug-likeness (QED) is 0.702. The fourth-order valence-corrected chi connectivity index (χ4v) is 1.91. The Morgan fingerprint density at radius 1 is 1.40 bits per heavy atom. The molecule has 0 unspecified atom stereocenters. The standard InChI is InChI=1S/C10H9N3O2/c14-9-3-1-2-8-7(9)6-11-13(8)10-4-5-12-15-10/h4-6H,1-3H2. The van der Waals surface area contributed by atoms with Gasteiger partial charge in [0.25, 0.3) is 5.88 Å². The number of hydrogen-bond donors (Lipinski definition) is 0. The molecule has 76 valence electrons. The average molecular weight is 203 g/mol. The lowest BCUT2D eigenvalue weighted by molar-refractivity contribution is 0.0972. The summed E-state index contributed by atoms with van der Waals surface area (Å²) < 4.78 is 6.67. The number of fused-ring (bicyclic) bond motifs is 1. The van der Waals surface area contributed by atoms with E-state index in [1.54, 1.807) is 23.1 Å². The second kappa shape index (κ2) is 3.05. The molecular weight excluding hydrogens is 194 g/mol. The molecule has 5 nitrogen and oxygen atoms in total. The summed E-state index contributed by atoms with van der Waals surface area (Å²) in [5.41, 5.74) is 1.65. The average Bonchev–Trinajstić information content (AvgIpc) is 2.85. The predicted octanol–water partition coefficient (Wildman–Crippen LogP) is 1.38. The summed E-state index contributed by atoms with van der Waals surface area (Å²) in [7, 11) is 0. The van der Waals surface area contributed by atoms with Crippen molar-refractivity contribution < 1.29 is 9.32 Å². The van der Waals surface area contributed by atoms with Crippen LogP contribution < -0.4 is 0 Å². The van der Waals surface area contributed by atoms with Gasteiger partial charge in [-0.15, -0.1) is 0 Å². The Balaban J connectivity index is 2.15. The lowest BCUT2D eigenvalue weighted by Gasteiger charge is -2.10. The van der Waals surface area contributed by atoms with E-state index in [0.717, 1.165) is 24.1 Å². The molecule has 0 spiro atoms. The van der Waals surface area contributed by atoms with Gasteiger partial charge in [-0.05, 0) is 12.8 Å². The molecule has 2 aromatic rings. The summed E-state index contributed by atoms with van der Waals surface area (Å²) in [6, 6.07) is 1.73. The molecule has 0 N–H and O–H groups in total. The maximum absolute atomic E-state index is 11.6. The van der Waals surface area contributed by atoms with Crippen molar-refractivity contribution >= 4 is 5.78 Å². The van der Waals surface area contributed by atoms with Gasteiger partial charge in [0, 0.05) is 12.5 Å². The van der Waals surface area contributed by atoms with Crippen LogP contribution in [0.25, 0.3) is 5.88 Å². The van der Waals surface area contributed by atoms with Gasteiger partial charge in [-0.1, -0.05) is 5.16 Å². The number of carbonyl (C=O) groups excluding carboxylic acids is 1. The van der Waals surface area contributed by atoms with E-state index < -0.39 is 0 Å². The van der Waals surface area contributed by atoms with Crippen LogP contribution in [0.5, 0.6) is 0 Å². The van der Waals surface area contributed by atoms with Crippen LogP contribution >= 0.6 is 0 Å². The number of nitrogens with zero attached hydrogens (tertiary/aromatic N) is 3. The third-order valence-electron chi connectivity index (χ3n) is 2.62. The van der Waals surface area contributed by atoms with Crippen LogP contribution in [-0.4, -0.2) is 20.7 Å². The number of Topliss-reactive ketones (excluding diaryl/α,β-unsaturated/α-hetero) is 1. The molecule has 3 rings (SSSR count). The first-order valence-electron chi connectivity index (χ1n) is 4.87. The van der Waals surface area contributed by atoms with E-state index in [2.05, 4.69) is 10.3 Å². The molecule has 0 aliphatic heterocycles. The maximum atomic E-state index is 11.6. The fraction of sp³-hybridized carbons (Fsp3) is 0.300. The van der Waals surface area contributed by atoms with Crippen LogP contribution in [0.4, 0.5) is 0 Å². The van der Waals surface area contributed by atoms with Crippen LogP contribution in [0.15, 0.2) is 23.0 Å². The Hall–Kier alpha value is -1.91. The van der Waals surface area contributed by atoms with Crippen molar-refractivity contribution in [3.8, 4) is 5.88 Å². The second-order valence-electron chi connectivity index (χ2n) is 3.54. The van der Waals surface area contributed by atoms with Crippen molar-refractivity contribution in [1.29, 1.82) is 0 Å². The van der Waals surface area contributed by atoms with Gasteiger partial charge >= 0.3 is 0 Å². The minimum atomic E-state index is 0.169. The van der Waals surface area contributed by atoms with Crippen LogP contribution in [0.3, 0.4) is 0 Å². The van der Waals surface area contributed by atoms with Gasteiger partial charge in [-0.3, -0.25) is 4.79 Å². The zero-order valence-corrected chi connectivity index (χ0v) is 8.01. The van der Waals surface area contributed by atoms with E-state index >= 15 is 0 Å². The monoisotopic (exact) mass is 203 g/mol. The number of rotatable bonds is 1. The molecule has 15 heavy (non-hydrogen) atoms. The molecule has 0 atom stereocenters. The minimum absolute atomic E-state index is 0.169. The molecule has 0 aromatic carbocycles. The Morgan fingerprint density at radius 2 is 2.33 bits per heavy atom. The zero-order valence-electron chi connectivity index (χ0n) is 8.01. The SMILES string of the molecule is O=C1CCCc2c1cnn2-c1ccno1. The minimum Gasteiger partial charge on any atom is -0.336 e. The molecule has 0 radical (unpaired) electrons. The van der Waals surface area contributed by atoms with Gasteiger partial charge in [-0.25, -0.2) is 4.68 Å². The second-order valence-corrected chi connectivity index (χ2v) is 3.54. The highest BCUT2D eigenvalue weighted by molar-refractivity contribution is 5.97. The first-order chi connectivity index (χ1) is 7.36. The molecule has 0 fully saturated rings. The van der Waals surface area contributed by atoms with E-state index in [9.17, 15) is 4.79 Å². The number of aromatic nitrogens is 3. The summed E-state index contributed by atoms with van der Waals surface area (Å²) in [6.45, 7) is 0. The van der Waals surface area contributed by atoms with E-state index in [-0.39, 0.29) is 5.78 Å². The third-order valence-corrected chi connectivity index (χ3v) is 2.62. The first-order valence-corrected chi connectivity index (χ1v) is 4.87. The van der Waals surface area contributed by atoms with Crippen molar-refractivity contribution in [2.24, 2.45) is 0 Å². The van der Waals surface area contributed by atoms with Crippen LogP contribution in [-0.2, 0) is 6.42 Å². The van der Waals surface area contributed by atoms with E-state index in [4.69, 9.17) is 4.52 Å². The van der Waals surface area contributed by atoms with Crippen LogP contribution in [0.1, 0.15) is 28.9 Å². The molecule has 0 saturated heterocycles. The van der Waals surface area contributed by atoms with E-state index in [0.29, 0.717) is 12.3 Å². The molecule has 1 aliphatic carbocycles. The van der Waals surface area contributed by atoms with Gasteiger partial charge in [0.2, 0.25) is 0 Å². The van der Waals surface area contributed by atoms with Gasteiger partial charge < -0.3 is 4.52 Å². The summed E-state index contributed by atoms with van der Waals surface area (Å²) in [4.78, 5) is 11.6. The van der Waals surface area contributed by atoms with Gasteiger partial charge in [0.1, 0.15) is 0 Å². The molecule has 5 heteroatoms. The Labute approximate surface area is 85.7 Å². The predicted molar refractivity (Wildman–Crippen MR) is 50.9 cm³/mol. The highest BCUT2D eigenvalue weighted by atomic mass is 16.5. The fourth-order valence-electron chi connectivity index (χ4n) is 1.91. The highest BCUT2D eigenvalue weighted by Crippen LogP contribution is 2.23. The topological polar surface area (TPSA) is 60.9 Å². The van der Waals surface area contributed by atoms with Crippen molar-refractivity contribution in [2.45, 2.75) is 19.3 Å². The van der Waals surface area contributed by atoms with Crippen molar-refractivity contribution in [3.63, 3.8) is 0 Å². The Kier molecular flexibility index (Phi) is 1.71. The largest absolute Gasteiger partial charge is 0.336 e. The number of carbonyl (C=O) groups is 1. The molecule has 2 aromatic heterocycles. The third kappa shape index (κ3) is 1.20. The zero-order chi connectivity index (χ0) is 10.3. The molecule has 2 heterocycles. The van der Waals surface area contributed by atoms with Crippen molar-refractivity contribution in [3.05, 3.63) is 29.7 Å². The van der Waals surface area contributed by atoms with Crippen molar-refractivity contribution in [1.82, 2.24) is 14.9 Å². The Morgan fingerprint density at radius 3 is 3.13 bits per heavy atom. The van der Waals surface area contributed by atoms with Crippen molar-refractivity contribution in [2.75, 3.05) is 0 Å². The van der Waals surface area contributed by atoms with Crippen LogP contribution in [0, 0.1) is 0 Å². The van der Waals surface area contributed by atoms with Gasteiger partial charge in [0.15, 0.2) is 5.78 Å². The lowest BCUT2D eigenvalue weighted by atomic mass is 9.97. The lowest BCUT2D eigenvalue weighted by Crippen LogP contribution is -2.12. The van der Waals surface area contributed by atoms with E-state index in [1.165, 1.54) is 0 Å². The van der Waals surface area contributed by atoms with Crippen LogP contribution in [0.2, 0.25) is 0 Å². The number of hydrogen-bond acceptors (Lipinski definition) is 4. The first kappa shape index (κ1) is 8.40. The molecule has 0 saturated carbocycles. The normalized spacial score (nSPS) is 15.3. The molecular formula is C10H9N3O2. The highest BCUT2D eigenvalue weighted by Gasteiger charge is 2.23. The van der Waals surface area contributed by atoms with E-state index in [1.807, 2.05) is 0 Å². The van der Waals surface area contributed by atoms with Gasteiger partial charge in [0.05, 0.1) is 23.7 Å². The Bertz CT molecular complexity index is 499. The maximum Gasteiger partial charge on any atom is 0.251 e. The number of ketones is 1. The summed E-state index contributed by atoms with van der Waals surface area (Å²) in [6.07, 6.45) is 5.54. The summed E-state index contributed by atoms with van der Waals surface area (Å²) >= 11 is 0. The molecule has 0 amide bonds. The molecule has 0 bridgehead atoms. The smallest absolute Gasteiger partial charge is 0.251 e. The van der Waals surface area contributed by atoms with Gasteiger partial charge in [-0.2, -0.15) is 5.10 Å².